The minimum atomic E-state index is -4.77. The van der Waals surface area contributed by atoms with Crippen molar-refractivity contribution in [3.8, 4) is 0 Å². The van der Waals surface area contributed by atoms with Crippen LogP contribution in [-0.4, -0.2) is 16.0 Å². The highest BCUT2D eigenvalue weighted by atomic mass is 19.4. The van der Waals surface area contributed by atoms with Gasteiger partial charge in [-0.15, -0.1) is 0 Å². The number of benzene rings is 1. The van der Waals surface area contributed by atoms with Crippen LogP contribution < -0.4 is 5.32 Å². The van der Waals surface area contributed by atoms with Crippen molar-refractivity contribution in [2.45, 2.75) is 25.9 Å². The Kier molecular flexibility index (Phi) is 4.37. The molecule has 1 aromatic rings. The Hall–Kier alpha value is -2.84. The summed E-state index contributed by atoms with van der Waals surface area (Å²) in [5, 5.41) is 23.3. The maximum absolute atomic E-state index is 13.3. The lowest BCUT2D eigenvalue weighted by atomic mass is 9.82. The van der Waals surface area contributed by atoms with Gasteiger partial charge in [0.15, 0.2) is 0 Å². The number of nitrogens with zero attached hydrogens (tertiary/aromatic N) is 1. The molecule has 0 aliphatic carbocycles. The number of allylic oxidation sites excluding steroid dienone is 3. The molecule has 0 saturated heterocycles. The number of dihydropyridines is 1. The van der Waals surface area contributed by atoms with Crippen LogP contribution in [0, 0.1) is 10.1 Å². The average Bonchev–Trinajstić information content (AvgIpc) is 2.44. The molecule has 0 bridgehead atoms. The second-order valence-electron chi connectivity index (χ2n) is 5.25. The van der Waals surface area contributed by atoms with Crippen LogP contribution in [0.3, 0.4) is 0 Å². The highest BCUT2D eigenvalue weighted by Crippen LogP contribution is 2.43. The summed E-state index contributed by atoms with van der Waals surface area (Å²) < 4.78 is 39.9. The molecule has 24 heavy (non-hydrogen) atoms. The zero-order valence-corrected chi connectivity index (χ0v) is 12.6. The molecule has 1 atom stereocenters. The maximum atomic E-state index is 13.3. The first-order valence-corrected chi connectivity index (χ1v) is 6.78. The second-order valence-corrected chi connectivity index (χ2v) is 5.25. The van der Waals surface area contributed by atoms with Gasteiger partial charge < -0.3 is 10.4 Å². The number of hydrogen-bond acceptors (Lipinski definition) is 4. The molecular formula is C15H13F3N2O4. The zero-order valence-electron chi connectivity index (χ0n) is 12.6. The van der Waals surface area contributed by atoms with Gasteiger partial charge in [-0.3, -0.25) is 10.1 Å². The molecule has 0 saturated carbocycles. The second kappa shape index (κ2) is 5.99. The first-order chi connectivity index (χ1) is 11.1. The molecule has 0 spiro atoms. The molecule has 1 heterocycles. The third-order valence-corrected chi connectivity index (χ3v) is 3.73. The zero-order chi connectivity index (χ0) is 18.2. The van der Waals surface area contributed by atoms with Crippen LogP contribution in [0.2, 0.25) is 0 Å². The summed E-state index contributed by atoms with van der Waals surface area (Å²) in [7, 11) is 0. The van der Waals surface area contributed by atoms with Gasteiger partial charge in [-0.25, -0.2) is 4.79 Å². The fourth-order valence-corrected chi connectivity index (χ4v) is 2.82. The third kappa shape index (κ3) is 2.97. The van der Waals surface area contributed by atoms with Gasteiger partial charge >= 0.3 is 12.1 Å². The van der Waals surface area contributed by atoms with Crippen LogP contribution in [-0.2, 0) is 11.0 Å². The summed E-state index contributed by atoms with van der Waals surface area (Å²) in [4.78, 5) is 22.1. The van der Waals surface area contributed by atoms with Crippen molar-refractivity contribution in [1.82, 2.24) is 5.32 Å². The molecule has 6 nitrogen and oxygen atoms in total. The van der Waals surface area contributed by atoms with Gasteiger partial charge in [0.2, 0.25) is 0 Å². The molecule has 1 aliphatic heterocycles. The Morgan fingerprint density at radius 3 is 2.33 bits per heavy atom. The summed E-state index contributed by atoms with van der Waals surface area (Å²) in [6, 6.07) is 4.27. The number of nitro groups is 1. The Morgan fingerprint density at radius 1 is 1.25 bits per heavy atom. The van der Waals surface area contributed by atoms with Crippen molar-refractivity contribution < 1.29 is 28.0 Å². The highest BCUT2D eigenvalue weighted by Gasteiger charge is 2.44. The summed E-state index contributed by atoms with van der Waals surface area (Å²) in [6.07, 6.45) is -4.77. The molecule has 128 valence electrons. The van der Waals surface area contributed by atoms with Gasteiger partial charge in [-0.1, -0.05) is 18.2 Å². The van der Waals surface area contributed by atoms with E-state index in [2.05, 4.69) is 5.32 Å². The third-order valence-electron chi connectivity index (χ3n) is 3.73. The van der Waals surface area contributed by atoms with Crippen molar-refractivity contribution >= 4 is 5.97 Å². The van der Waals surface area contributed by atoms with Crippen molar-refractivity contribution in [2.75, 3.05) is 0 Å². The fraction of sp³-hybridized carbons (Fsp3) is 0.267. The molecule has 0 unspecified atom stereocenters. The van der Waals surface area contributed by atoms with Crippen LogP contribution in [0.4, 0.5) is 13.2 Å². The Balaban J connectivity index is 2.82. The van der Waals surface area contributed by atoms with Crippen LogP contribution >= 0.6 is 0 Å². The average molecular weight is 342 g/mol. The SMILES string of the molecule is CC1=C(C(=O)O)[C@H](c2ccccc2C(F)(F)F)C([N+](=O)[O-])=C(C)N1. The minimum Gasteiger partial charge on any atom is -0.478 e. The molecular weight excluding hydrogens is 329 g/mol. The number of hydrogen-bond donors (Lipinski definition) is 2. The minimum absolute atomic E-state index is 0.00415. The van der Waals surface area contributed by atoms with Gasteiger partial charge in [0.05, 0.1) is 21.8 Å². The largest absolute Gasteiger partial charge is 0.478 e. The van der Waals surface area contributed by atoms with Gasteiger partial charge in [-0.05, 0) is 25.5 Å². The van der Waals surface area contributed by atoms with Gasteiger partial charge in [0.25, 0.3) is 5.70 Å². The number of aliphatic carboxylic acids is 1. The van der Waals surface area contributed by atoms with E-state index in [1.54, 1.807) is 0 Å². The molecule has 9 heteroatoms. The predicted molar refractivity (Wildman–Crippen MR) is 77.4 cm³/mol. The van der Waals surface area contributed by atoms with Crippen molar-refractivity contribution in [2.24, 2.45) is 0 Å². The Labute approximate surface area is 134 Å². The number of nitrogens with one attached hydrogen (secondary N) is 1. The number of carboxylic acid groups (broad SMARTS) is 1. The van der Waals surface area contributed by atoms with E-state index in [4.69, 9.17) is 0 Å². The summed E-state index contributed by atoms with van der Waals surface area (Å²) >= 11 is 0. The van der Waals surface area contributed by atoms with Crippen LogP contribution in [0.5, 0.6) is 0 Å². The van der Waals surface area contributed by atoms with E-state index in [0.717, 1.165) is 18.2 Å². The lowest BCUT2D eigenvalue weighted by molar-refractivity contribution is -0.431. The first kappa shape index (κ1) is 17.5. The molecule has 1 aromatic carbocycles. The molecule has 1 aliphatic rings. The molecule has 0 fully saturated rings. The number of carbonyl (C=O) groups is 1. The lowest BCUT2D eigenvalue weighted by Crippen LogP contribution is -2.31. The smallest absolute Gasteiger partial charge is 0.416 e. The summed E-state index contributed by atoms with van der Waals surface area (Å²) in [6.45, 7) is 2.68. The quantitative estimate of drug-likeness (QED) is 0.650. The molecule has 0 aromatic heterocycles. The lowest BCUT2D eigenvalue weighted by Gasteiger charge is -2.27. The van der Waals surface area contributed by atoms with E-state index >= 15 is 0 Å². The van der Waals surface area contributed by atoms with E-state index in [1.807, 2.05) is 0 Å². The van der Waals surface area contributed by atoms with Crippen LogP contribution in [0.1, 0.15) is 30.9 Å². The van der Waals surface area contributed by atoms with Gasteiger partial charge in [0, 0.05) is 5.70 Å². The van der Waals surface area contributed by atoms with Crippen LogP contribution in [0.15, 0.2) is 46.9 Å². The monoisotopic (exact) mass is 342 g/mol. The Morgan fingerprint density at radius 2 is 1.83 bits per heavy atom. The van der Waals surface area contributed by atoms with E-state index < -0.39 is 45.4 Å². The van der Waals surface area contributed by atoms with Gasteiger partial charge in [-0.2, -0.15) is 13.2 Å². The number of halogens is 3. The Bertz CT molecular complexity index is 745. The molecule has 0 amide bonds. The van der Waals surface area contributed by atoms with E-state index in [1.165, 1.54) is 19.9 Å². The van der Waals surface area contributed by atoms with Crippen molar-refractivity contribution in [3.63, 3.8) is 0 Å². The fourth-order valence-electron chi connectivity index (χ4n) is 2.82. The van der Waals surface area contributed by atoms with Crippen molar-refractivity contribution in [3.05, 3.63) is 68.2 Å². The van der Waals surface area contributed by atoms with E-state index in [-0.39, 0.29) is 11.4 Å². The van der Waals surface area contributed by atoms with E-state index in [9.17, 15) is 33.2 Å². The maximum Gasteiger partial charge on any atom is 0.416 e. The molecule has 2 N–H and O–H groups in total. The molecule has 0 radical (unpaired) electrons. The normalized spacial score (nSPS) is 18.5. The topological polar surface area (TPSA) is 92.5 Å². The van der Waals surface area contributed by atoms with Crippen LogP contribution in [0.25, 0.3) is 0 Å². The molecule has 2 rings (SSSR count). The summed E-state index contributed by atoms with van der Waals surface area (Å²) in [5.41, 5.74) is -2.60. The van der Waals surface area contributed by atoms with Gasteiger partial charge in [0.1, 0.15) is 5.92 Å². The number of carboxylic acids is 1. The predicted octanol–water partition coefficient (Wildman–Crippen LogP) is 3.26. The number of rotatable bonds is 3. The highest BCUT2D eigenvalue weighted by molar-refractivity contribution is 5.91. The number of alkyl halides is 3. The standard InChI is InChI=1S/C15H13F3N2O4/c1-7-11(14(21)22)12(13(20(23)24)8(2)19-7)9-5-3-4-6-10(9)15(16,17)18/h3-6,12,19H,1-2H3,(H,21,22)/t12-/m0/s1. The first-order valence-electron chi connectivity index (χ1n) is 6.78. The van der Waals surface area contributed by atoms with Crippen molar-refractivity contribution in [1.29, 1.82) is 0 Å². The van der Waals surface area contributed by atoms with E-state index in [0.29, 0.717) is 0 Å². The summed E-state index contributed by atoms with van der Waals surface area (Å²) in [5.74, 6) is -3.15.